The van der Waals surface area contributed by atoms with Gasteiger partial charge in [-0.3, -0.25) is 0 Å². The summed E-state index contributed by atoms with van der Waals surface area (Å²) in [7, 11) is 0. The SMILES string of the molecule is CC1(C)C=CC(C)(C)c2ccccc21.c1ccccc1. The molecule has 0 saturated heterocycles. The van der Waals surface area contributed by atoms with Gasteiger partial charge in [0.15, 0.2) is 0 Å². The van der Waals surface area contributed by atoms with E-state index in [0.717, 1.165) is 0 Å². The van der Waals surface area contributed by atoms with Crippen molar-refractivity contribution in [2.24, 2.45) is 0 Å². The molecule has 0 heterocycles. The van der Waals surface area contributed by atoms with Crippen LogP contribution in [0.2, 0.25) is 0 Å². The summed E-state index contributed by atoms with van der Waals surface area (Å²) in [6.07, 6.45) is 4.66. The molecule has 0 saturated carbocycles. The fourth-order valence-electron chi connectivity index (χ4n) is 2.59. The maximum Gasteiger partial charge on any atom is 0.00786 e. The van der Waals surface area contributed by atoms with Gasteiger partial charge < -0.3 is 0 Å². The number of allylic oxidation sites excluding steroid dienone is 2. The third-order valence-corrected chi connectivity index (χ3v) is 3.90. The van der Waals surface area contributed by atoms with E-state index in [0.29, 0.717) is 0 Å². The van der Waals surface area contributed by atoms with Crippen LogP contribution >= 0.6 is 0 Å². The van der Waals surface area contributed by atoms with Crippen LogP contribution in [-0.2, 0) is 10.8 Å². The van der Waals surface area contributed by atoms with E-state index in [9.17, 15) is 0 Å². The zero-order valence-corrected chi connectivity index (χ0v) is 12.9. The smallest absolute Gasteiger partial charge is 0.00786 e. The third-order valence-electron chi connectivity index (χ3n) is 3.90. The van der Waals surface area contributed by atoms with Crippen molar-refractivity contribution in [1.29, 1.82) is 0 Å². The average Bonchev–Trinajstić information content (AvgIpc) is 2.47. The maximum atomic E-state index is 2.33. The summed E-state index contributed by atoms with van der Waals surface area (Å²) >= 11 is 0. The molecule has 0 radical (unpaired) electrons. The van der Waals surface area contributed by atoms with Gasteiger partial charge in [0.1, 0.15) is 0 Å². The van der Waals surface area contributed by atoms with Gasteiger partial charge in [0.2, 0.25) is 0 Å². The Bertz CT molecular complexity index is 510. The molecule has 0 aliphatic heterocycles. The van der Waals surface area contributed by atoms with Crippen molar-refractivity contribution >= 4 is 0 Å². The van der Waals surface area contributed by atoms with Crippen molar-refractivity contribution < 1.29 is 0 Å². The fourth-order valence-corrected chi connectivity index (χ4v) is 2.59. The van der Waals surface area contributed by atoms with Crippen LogP contribution in [0.25, 0.3) is 0 Å². The summed E-state index contributed by atoms with van der Waals surface area (Å²) in [5.74, 6) is 0. The van der Waals surface area contributed by atoms with Crippen molar-refractivity contribution in [1.82, 2.24) is 0 Å². The van der Waals surface area contributed by atoms with E-state index in [1.807, 2.05) is 36.4 Å². The lowest BCUT2D eigenvalue weighted by molar-refractivity contribution is 0.563. The highest BCUT2D eigenvalue weighted by atomic mass is 14.4. The Balaban J connectivity index is 0.000000205. The molecule has 0 N–H and O–H groups in total. The normalized spacial score (nSPS) is 17.6. The predicted molar refractivity (Wildman–Crippen MR) is 88.1 cm³/mol. The van der Waals surface area contributed by atoms with Crippen LogP contribution < -0.4 is 0 Å². The summed E-state index contributed by atoms with van der Waals surface area (Å²) in [6, 6.07) is 20.8. The number of benzene rings is 2. The Morgan fingerprint density at radius 2 is 0.800 bits per heavy atom. The first-order valence-electron chi connectivity index (χ1n) is 7.24. The second kappa shape index (κ2) is 5.66. The topological polar surface area (TPSA) is 0 Å². The van der Waals surface area contributed by atoms with Gasteiger partial charge in [0, 0.05) is 10.8 Å². The number of fused-ring (bicyclic) bond motifs is 1. The van der Waals surface area contributed by atoms with E-state index in [1.165, 1.54) is 11.1 Å². The summed E-state index contributed by atoms with van der Waals surface area (Å²) in [5, 5.41) is 0. The molecular weight excluding hydrogens is 240 g/mol. The predicted octanol–water partition coefficient (Wildman–Crippen LogP) is 5.50. The average molecular weight is 264 g/mol. The van der Waals surface area contributed by atoms with Gasteiger partial charge in [-0.05, 0) is 11.1 Å². The van der Waals surface area contributed by atoms with Gasteiger partial charge in [-0.2, -0.15) is 0 Å². The highest BCUT2D eigenvalue weighted by Gasteiger charge is 2.31. The van der Waals surface area contributed by atoms with E-state index >= 15 is 0 Å². The second-order valence-electron chi connectivity index (χ2n) is 6.48. The van der Waals surface area contributed by atoms with Crippen LogP contribution in [0.4, 0.5) is 0 Å². The van der Waals surface area contributed by atoms with Gasteiger partial charge >= 0.3 is 0 Å². The van der Waals surface area contributed by atoms with Gasteiger partial charge in [-0.1, -0.05) is 101 Å². The molecule has 3 rings (SSSR count). The lowest BCUT2D eigenvalue weighted by Crippen LogP contribution is -2.28. The summed E-state index contributed by atoms with van der Waals surface area (Å²) in [5.41, 5.74) is 3.30. The fraction of sp³-hybridized carbons (Fsp3) is 0.300. The Kier molecular flexibility index (Phi) is 4.13. The Morgan fingerprint density at radius 3 is 1.10 bits per heavy atom. The number of rotatable bonds is 0. The Hall–Kier alpha value is -1.82. The van der Waals surface area contributed by atoms with Crippen molar-refractivity contribution in [2.75, 3.05) is 0 Å². The first-order valence-corrected chi connectivity index (χ1v) is 7.24. The van der Waals surface area contributed by atoms with E-state index in [4.69, 9.17) is 0 Å². The molecule has 0 atom stereocenters. The van der Waals surface area contributed by atoms with Gasteiger partial charge in [0.05, 0.1) is 0 Å². The summed E-state index contributed by atoms with van der Waals surface area (Å²) < 4.78 is 0. The molecule has 20 heavy (non-hydrogen) atoms. The lowest BCUT2D eigenvalue weighted by atomic mass is 9.68. The Labute approximate surface area is 123 Å². The van der Waals surface area contributed by atoms with Crippen LogP contribution in [0.5, 0.6) is 0 Å². The van der Waals surface area contributed by atoms with E-state index < -0.39 is 0 Å². The lowest BCUT2D eigenvalue weighted by Gasteiger charge is -2.36. The molecule has 0 amide bonds. The van der Waals surface area contributed by atoms with Gasteiger partial charge in [-0.15, -0.1) is 0 Å². The van der Waals surface area contributed by atoms with E-state index in [-0.39, 0.29) is 10.8 Å². The van der Waals surface area contributed by atoms with Crippen molar-refractivity contribution in [3.8, 4) is 0 Å². The monoisotopic (exact) mass is 264 g/mol. The number of hydrogen-bond acceptors (Lipinski definition) is 0. The van der Waals surface area contributed by atoms with Gasteiger partial charge in [-0.25, -0.2) is 0 Å². The molecule has 2 aromatic rings. The number of hydrogen-bond donors (Lipinski definition) is 0. The minimum absolute atomic E-state index is 0.187. The molecule has 0 heteroatoms. The van der Waals surface area contributed by atoms with Crippen molar-refractivity contribution in [2.45, 2.75) is 38.5 Å². The molecule has 0 nitrogen and oxygen atoms in total. The van der Waals surface area contributed by atoms with Crippen LogP contribution in [0, 0.1) is 0 Å². The molecule has 1 aliphatic rings. The molecular formula is C20H24. The minimum Gasteiger partial charge on any atom is -0.0776 e. The van der Waals surface area contributed by atoms with Crippen LogP contribution in [0.15, 0.2) is 72.8 Å². The minimum atomic E-state index is 0.187. The maximum absolute atomic E-state index is 2.33. The molecule has 104 valence electrons. The molecule has 0 fully saturated rings. The molecule has 0 unspecified atom stereocenters. The first-order chi connectivity index (χ1) is 9.43. The summed E-state index contributed by atoms with van der Waals surface area (Å²) in [6.45, 7) is 9.10. The van der Waals surface area contributed by atoms with Crippen molar-refractivity contribution in [3.63, 3.8) is 0 Å². The molecule has 1 aliphatic carbocycles. The van der Waals surface area contributed by atoms with Gasteiger partial charge in [0.25, 0.3) is 0 Å². The van der Waals surface area contributed by atoms with E-state index in [2.05, 4.69) is 64.1 Å². The first kappa shape index (κ1) is 14.6. The molecule has 2 aromatic carbocycles. The van der Waals surface area contributed by atoms with E-state index in [1.54, 1.807) is 0 Å². The standard InChI is InChI=1S/C14H18.C6H6/c1-13(2)9-10-14(3,4)12-8-6-5-7-11(12)13;1-2-4-6-5-3-1/h5-10H,1-4H3;1-6H. The molecule has 0 bridgehead atoms. The highest BCUT2D eigenvalue weighted by Crippen LogP contribution is 2.40. The van der Waals surface area contributed by atoms with Crippen LogP contribution in [0.3, 0.4) is 0 Å². The quantitative estimate of drug-likeness (QED) is 0.551. The Morgan fingerprint density at radius 1 is 0.500 bits per heavy atom. The highest BCUT2D eigenvalue weighted by molar-refractivity contribution is 5.47. The van der Waals surface area contributed by atoms with Crippen LogP contribution in [-0.4, -0.2) is 0 Å². The molecule has 0 spiro atoms. The summed E-state index contributed by atoms with van der Waals surface area (Å²) in [4.78, 5) is 0. The van der Waals surface area contributed by atoms with Crippen LogP contribution in [0.1, 0.15) is 38.8 Å². The zero-order valence-electron chi connectivity index (χ0n) is 12.9. The largest absolute Gasteiger partial charge is 0.0776 e. The third kappa shape index (κ3) is 3.19. The second-order valence-corrected chi connectivity index (χ2v) is 6.48. The van der Waals surface area contributed by atoms with Crippen molar-refractivity contribution in [3.05, 3.63) is 83.9 Å². The zero-order chi connectivity index (χ0) is 14.6. The molecule has 0 aromatic heterocycles.